The first kappa shape index (κ1) is 17.0. The highest BCUT2D eigenvalue weighted by molar-refractivity contribution is 5.94. The van der Waals surface area contributed by atoms with Crippen LogP contribution in [0.5, 0.6) is 0 Å². The van der Waals surface area contributed by atoms with Crippen molar-refractivity contribution in [1.82, 2.24) is 15.5 Å². The minimum Gasteiger partial charge on any atom is -0.478 e. The number of carbonyl (C=O) groups is 2. The van der Waals surface area contributed by atoms with E-state index in [1.165, 1.54) is 0 Å². The Morgan fingerprint density at radius 3 is 2.35 bits per heavy atom. The van der Waals surface area contributed by atoms with Crippen LogP contribution in [0.1, 0.15) is 31.0 Å². The van der Waals surface area contributed by atoms with Crippen LogP contribution in [0.25, 0.3) is 0 Å². The molecule has 0 radical (unpaired) electrons. The second-order valence-corrected chi connectivity index (χ2v) is 5.60. The van der Waals surface area contributed by atoms with Crippen LogP contribution in [0.15, 0.2) is 35.5 Å². The van der Waals surface area contributed by atoms with E-state index in [0.29, 0.717) is 12.2 Å². The normalized spacial score (nSPS) is 17.9. The number of nitrogens with zero attached hydrogens (tertiary/aromatic N) is 1. The van der Waals surface area contributed by atoms with Crippen molar-refractivity contribution in [3.63, 3.8) is 0 Å². The summed E-state index contributed by atoms with van der Waals surface area (Å²) in [5.41, 5.74) is 2.49. The van der Waals surface area contributed by atoms with E-state index < -0.39 is 12.0 Å². The van der Waals surface area contributed by atoms with Gasteiger partial charge in [0.15, 0.2) is 0 Å². The monoisotopic (exact) mass is 317 g/mol. The average Bonchev–Trinajstić information content (AvgIpc) is 2.52. The van der Waals surface area contributed by atoms with E-state index in [0.717, 1.165) is 24.2 Å². The summed E-state index contributed by atoms with van der Waals surface area (Å²) in [5.74, 6) is -1.02. The molecule has 23 heavy (non-hydrogen) atoms. The number of likely N-dealkylation sites (N-methyl/N-ethyl adjacent to an activating group) is 1. The maximum atomic E-state index is 12.0. The molecule has 0 fully saturated rings. The third kappa shape index (κ3) is 3.90. The van der Waals surface area contributed by atoms with E-state index in [1.807, 2.05) is 45.0 Å². The molecule has 0 spiro atoms. The standard InChI is InChI=1S/C17H23N3O3/c1-4-20(5-2)10-13-14(16(21)22)15(19-17(23)18-13)12-8-6-11(3)7-9-12/h6-9,15H,4-5,10H2,1-3H3,(H,21,22)(H2,18,19,23). The zero-order valence-corrected chi connectivity index (χ0v) is 13.7. The van der Waals surface area contributed by atoms with E-state index in [4.69, 9.17) is 0 Å². The zero-order chi connectivity index (χ0) is 17.0. The molecule has 1 aromatic carbocycles. The highest BCUT2D eigenvalue weighted by Gasteiger charge is 2.32. The number of carbonyl (C=O) groups excluding carboxylic acids is 1. The molecule has 0 saturated carbocycles. The largest absolute Gasteiger partial charge is 0.478 e. The van der Waals surface area contributed by atoms with Crippen LogP contribution in [0.2, 0.25) is 0 Å². The fourth-order valence-electron chi connectivity index (χ4n) is 2.67. The van der Waals surface area contributed by atoms with Crippen molar-refractivity contribution in [3.8, 4) is 0 Å². The molecule has 0 aliphatic carbocycles. The van der Waals surface area contributed by atoms with Crippen LogP contribution in [-0.2, 0) is 4.79 Å². The molecule has 6 nitrogen and oxygen atoms in total. The number of urea groups is 1. The minimum atomic E-state index is -1.02. The summed E-state index contributed by atoms with van der Waals surface area (Å²) >= 11 is 0. The van der Waals surface area contributed by atoms with Crippen molar-refractivity contribution >= 4 is 12.0 Å². The number of amides is 2. The summed E-state index contributed by atoms with van der Waals surface area (Å²) in [6.45, 7) is 7.95. The molecule has 1 unspecified atom stereocenters. The van der Waals surface area contributed by atoms with E-state index in [2.05, 4.69) is 15.5 Å². The lowest BCUT2D eigenvalue weighted by atomic mass is 9.94. The number of aliphatic carboxylic acids is 1. The van der Waals surface area contributed by atoms with Gasteiger partial charge in [0.25, 0.3) is 0 Å². The van der Waals surface area contributed by atoms with Gasteiger partial charge in [-0.3, -0.25) is 4.90 Å². The van der Waals surface area contributed by atoms with E-state index >= 15 is 0 Å². The Balaban J connectivity index is 2.44. The molecular formula is C17H23N3O3. The number of nitrogens with one attached hydrogen (secondary N) is 2. The van der Waals surface area contributed by atoms with Crippen molar-refractivity contribution in [3.05, 3.63) is 46.7 Å². The highest BCUT2D eigenvalue weighted by atomic mass is 16.4. The van der Waals surface area contributed by atoms with Gasteiger partial charge in [0.2, 0.25) is 0 Å². The van der Waals surface area contributed by atoms with Gasteiger partial charge in [-0.15, -0.1) is 0 Å². The summed E-state index contributed by atoms with van der Waals surface area (Å²) in [5, 5.41) is 15.1. The van der Waals surface area contributed by atoms with Crippen molar-refractivity contribution < 1.29 is 14.7 Å². The molecule has 2 amide bonds. The van der Waals surface area contributed by atoms with Gasteiger partial charge in [0.05, 0.1) is 11.6 Å². The Kier molecular flexibility index (Phi) is 5.39. The molecule has 3 N–H and O–H groups in total. The molecule has 124 valence electrons. The van der Waals surface area contributed by atoms with E-state index in [9.17, 15) is 14.7 Å². The van der Waals surface area contributed by atoms with Gasteiger partial charge in [-0.25, -0.2) is 9.59 Å². The molecule has 1 aromatic rings. The summed E-state index contributed by atoms with van der Waals surface area (Å²) < 4.78 is 0. The van der Waals surface area contributed by atoms with Crippen LogP contribution in [-0.4, -0.2) is 41.6 Å². The van der Waals surface area contributed by atoms with E-state index in [-0.39, 0.29) is 11.6 Å². The molecule has 1 aliphatic rings. The third-order valence-electron chi connectivity index (χ3n) is 4.07. The maximum absolute atomic E-state index is 12.0. The summed E-state index contributed by atoms with van der Waals surface area (Å²) in [7, 11) is 0. The molecule has 6 heteroatoms. The number of benzene rings is 1. The quantitative estimate of drug-likeness (QED) is 0.750. The minimum absolute atomic E-state index is 0.195. The summed E-state index contributed by atoms with van der Waals surface area (Å²) in [4.78, 5) is 25.9. The first-order valence-corrected chi connectivity index (χ1v) is 7.79. The molecule has 1 atom stereocenters. The lowest BCUT2D eigenvalue weighted by Crippen LogP contribution is -2.48. The number of rotatable bonds is 6. The molecule has 1 heterocycles. The fraction of sp³-hybridized carbons (Fsp3) is 0.412. The molecule has 0 bridgehead atoms. The van der Waals surface area contributed by atoms with Gasteiger partial charge in [-0.1, -0.05) is 43.7 Å². The van der Waals surface area contributed by atoms with Crippen LogP contribution in [0.4, 0.5) is 4.79 Å². The Bertz CT molecular complexity index is 618. The van der Waals surface area contributed by atoms with Gasteiger partial charge in [0, 0.05) is 12.2 Å². The van der Waals surface area contributed by atoms with Gasteiger partial charge < -0.3 is 15.7 Å². The number of carboxylic acids is 1. The topological polar surface area (TPSA) is 81.7 Å². The van der Waals surface area contributed by atoms with Gasteiger partial charge in [0.1, 0.15) is 0 Å². The van der Waals surface area contributed by atoms with Crippen molar-refractivity contribution in [2.75, 3.05) is 19.6 Å². The van der Waals surface area contributed by atoms with E-state index in [1.54, 1.807) is 0 Å². The van der Waals surface area contributed by atoms with Crippen LogP contribution < -0.4 is 10.6 Å². The SMILES string of the molecule is CCN(CC)CC1=C(C(=O)O)C(c2ccc(C)cc2)NC(=O)N1. The van der Waals surface area contributed by atoms with Gasteiger partial charge in [-0.05, 0) is 25.6 Å². The van der Waals surface area contributed by atoms with Crippen molar-refractivity contribution in [2.24, 2.45) is 0 Å². The summed E-state index contributed by atoms with van der Waals surface area (Å²) in [6.07, 6.45) is 0. The predicted octanol–water partition coefficient (Wildman–Crippen LogP) is 2.03. The molecular weight excluding hydrogens is 294 g/mol. The Morgan fingerprint density at radius 2 is 1.83 bits per heavy atom. The molecule has 2 rings (SSSR count). The smallest absolute Gasteiger partial charge is 0.335 e. The summed E-state index contributed by atoms with van der Waals surface area (Å²) in [6, 6.07) is 6.50. The zero-order valence-electron chi connectivity index (χ0n) is 13.7. The maximum Gasteiger partial charge on any atom is 0.335 e. The number of aryl methyl sites for hydroxylation is 1. The Morgan fingerprint density at radius 1 is 1.22 bits per heavy atom. The van der Waals surface area contributed by atoms with Crippen molar-refractivity contribution in [1.29, 1.82) is 0 Å². The molecule has 0 saturated heterocycles. The fourth-order valence-corrected chi connectivity index (χ4v) is 2.67. The lowest BCUT2D eigenvalue weighted by Gasteiger charge is -2.31. The number of carboxylic acid groups (broad SMARTS) is 1. The molecule has 1 aliphatic heterocycles. The number of hydrogen-bond donors (Lipinski definition) is 3. The number of hydrogen-bond acceptors (Lipinski definition) is 3. The first-order valence-electron chi connectivity index (χ1n) is 7.79. The van der Waals surface area contributed by atoms with Crippen LogP contribution in [0, 0.1) is 6.92 Å². The second-order valence-electron chi connectivity index (χ2n) is 5.60. The predicted molar refractivity (Wildman–Crippen MR) is 88.0 cm³/mol. The Hall–Kier alpha value is -2.34. The Labute approximate surface area is 136 Å². The van der Waals surface area contributed by atoms with Gasteiger partial charge >= 0.3 is 12.0 Å². The first-order chi connectivity index (χ1) is 11.0. The second kappa shape index (κ2) is 7.28. The van der Waals surface area contributed by atoms with Crippen LogP contribution >= 0.6 is 0 Å². The molecule has 0 aromatic heterocycles. The third-order valence-corrected chi connectivity index (χ3v) is 4.07. The van der Waals surface area contributed by atoms with Crippen LogP contribution in [0.3, 0.4) is 0 Å². The van der Waals surface area contributed by atoms with Gasteiger partial charge in [-0.2, -0.15) is 0 Å². The lowest BCUT2D eigenvalue weighted by molar-refractivity contribution is -0.133. The highest BCUT2D eigenvalue weighted by Crippen LogP contribution is 2.27. The average molecular weight is 317 g/mol. The van der Waals surface area contributed by atoms with Crippen molar-refractivity contribution in [2.45, 2.75) is 26.8 Å².